The summed E-state index contributed by atoms with van der Waals surface area (Å²) in [7, 11) is 0. The van der Waals surface area contributed by atoms with Crippen LogP contribution in [0.25, 0.3) is 11.3 Å². The lowest BCUT2D eigenvalue weighted by atomic mass is 10.1. The normalized spacial score (nSPS) is 12.1. The minimum atomic E-state index is -4.46. The summed E-state index contributed by atoms with van der Waals surface area (Å²) in [6, 6.07) is 4.18. The molecule has 0 radical (unpaired) electrons. The summed E-state index contributed by atoms with van der Waals surface area (Å²) in [5, 5.41) is 3.09. The Morgan fingerprint density at radius 2 is 2.05 bits per heavy atom. The second-order valence-corrected chi connectivity index (χ2v) is 5.76. The van der Waals surface area contributed by atoms with Crippen LogP contribution in [0.4, 0.5) is 13.2 Å². The molecule has 0 aliphatic carbocycles. The molecule has 2 rings (SSSR count). The SMILES string of the molecule is CC(C)NCc1ncc(-c2ccc(Br)cc2C(F)(F)F)o1. The highest BCUT2D eigenvalue weighted by Crippen LogP contribution is 2.38. The molecule has 0 aliphatic heterocycles. The third-order valence-corrected chi connectivity index (χ3v) is 3.26. The van der Waals surface area contributed by atoms with Crippen molar-refractivity contribution in [2.75, 3.05) is 0 Å². The fourth-order valence-corrected chi connectivity index (χ4v) is 2.13. The molecule has 0 bridgehead atoms. The molecule has 2 aromatic rings. The van der Waals surface area contributed by atoms with E-state index in [9.17, 15) is 13.2 Å². The summed E-state index contributed by atoms with van der Waals surface area (Å²) in [6.45, 7) is 4.29. The summed E-state index contributed by atoms with van der Waals surface area (Å²) in [4.78, 5) is 4.00. The Labute approximate surface area is 128 Å². The van der Waals surface area contributed by atoms with Crippen molar-refractivity contribution in [2.24, 2.45) is 0 Å². The summed E-state index contributed by atoms with van der Waals surface area (Å²) in [6.07, 6.45) is -3.14. The van der Waals surface area contributed by atoms with Crippen molar-refractivity contribution in [1.82, 2.24) is 10.3 Å². The molecule has 0 amide bonds. The summed E-state index contributed by atoms with van der Waals surface area (Å²) >= 11 is 3.05. The highest BCUT2D eigenvalue weighted by molar-refractivity contribution is 9.10. The van der Waals surface area contributed by atoms with Gasteiger partial charge in [0.15, 0.2) is 5.76 Å². The molecular weight excluding hydrogens is 349 g/mol. The Bertz CT molecular complexity index is 623. The van der Waals surface area contributed by atoms with Gasteiger partial charge in [-0.1, -0.05) is 29.8 Å². The van der Waals surface area contributed by atoms with E-state index >= 15 is 0 Å². The number of halogens is 4. The molecule has 114 valence electrons. The van der Waals surface area contributed by atoms with Gasteiger partial charge in [0.1, 0.15) is 0 Å². The first-order chi connectivity index (χ1) is 9.77. The first kappa shape index (κ1) is 16.0. The Morgan fingerprint density at radius 3 is 2.67 bits per heavy atom. The van der Waals surface area contributed by atoms with Crippen molar-refractivity contribution in [2.45, 2.75) is 32.6 Å². The van der Waals surface area contributed by atoms with Crippen molar-refractivity contribution in [3.63, 3.8) is 0 Å². The number of hydrogen-bond acceptors (Lipinski definition) is 3. The van der Waals surface area contributed by atoms with Crippen molar-refractivity contribution in [3.05, 3.63) is 40.3 Å². The van der Waals surface area contributed by atoms with E-state index in [1.807, 2.05) is 13.8 Å². The monoisotopic (exact) mass is 362 g/mol. The van der Waals surface area contributed by atoms with Gasteiger partial charge in [0.25, 0.3) is 0 Å². The zero-order valence-electron chi connectivity index (χ0n) is 11.5. The second-order valence-electron chi connectivity index (χ2n) is 4.84. The fraction of sp³-hybridized carbons (Fsp3) is 0.357. The lowest BCUT2D eigenvalue weighted by Crippen LogP contribution is -2.21. The van der Waals surface area contributed by atoms with E-state index < -0.39 is 11.7 Å². The van der Waals surface area contributed by atoms with Crippen LogP contribution in [0.15, 0.2) is 33.3 Å². The van der Waals surface area contributed by atoms with Gasteiger partial charge in [0, 0.05) is 16.1 Å². The maximum atomic E-state index is 13.1. The molecule has 0 spiro atoms. The van der Waals surface area contributed by atoms with Gasteiger partial charge in [-0.3, -0.25) is 0 Å². The second kappa shape index (κ2) is 6.19. The molecule has 0 atom stereocenters. The van der Waals surface area contributed by atoms with Crippen LogP contribution < -0.4 is 5.32 Å². The molecule has 21 heavy (non-hydrogen) atoms. The lowest BCUT2D eigenvalue weighted by molar-refractivity contribution is -0.137. The van der Waals surface area contributed by atoms with E-state index in [1.165, 1.54) is 12.3 Å². The zero-order valence-corrected chi connectivity index (χ0v) is 13.0. The maximum Gasteiger partial charge on any atom is 0.417 e. The number of benzene rings is 1. The summed E-state index contributed by atoms with van der Waals surface area (Å²) < 4.78 is 45.0. The maximum absolute atomic E-state index is 13.1. The molecule has 1 N–H and O–H groups in total. The predicted molar refractivity (Wildman–Crippen MR) is 76.6 cm³/mol. The summed E-state index contributed by atoms with van der Waals surface area (Å²) in [5.41, 5.74) is -0.773. The highest BCUT2D eigenvalue weighted by Gasteiger charge is 2.34. The molecule has 0 saturated carbocycles. The van der Waals surface area contributed by atoms with Crippen LogP contribution in [-0.2, 0) is 12.7 Å². The topological polar surface area (TPSA) is 38.1 Å². The fourth-order valence-electron chi connectivity index (χ4n) is 1.77. The third kappa shape index (κ3) is 4.07. The Morgan fingerprint density at radius 1 is 1.33 bits per heavy atom. The van der Waals surface area contributed by atoms with E-state index in [2.05, 4.69) is 26.2 Å². The molecule has 0 unspecified atom stereocenters. The lowest BCUT2D eigenvalue weighted by Gasteiger charge is -2.11. The minimum Gasteiger partial charge on any atom is -0.439 e. The number of aromatic nitrogens is 1. The number of nitrogens with zero attached hydrogens (tertiary/aromatic N) is 1. The number of alkyl halides is 3. The largest absolute Gasteiger partial charge is 0.439 e. The van der Waals surface area contributed by atoms with Crippen molar-refractivity contribution < 1.29 is 17.6 Å². The van der Waals surface area contributed by atoms with Crippen molar-refractivity contribution in [3.8, 4) is 11.3 Å². The van der Waals surface area contributed by atoms with Crippen LogP contribution in [0.3, 0.4) is 0 Å². The van der Waals surface area contributed by atoms with E-state index in [-0.39, 0.29) is 17.4 Å². The average Bonchev–Trinajstić information content (AvgIpc) is 2.84. The predicted octanol–water partition coefficient (Wildman–Crippen LogP) is 4.62. The Balaban J connectivity index is 2.34. The number of oxazole rings is 1. The van der Waals surface area contributed by atoms with Gasteiger partial charge < -0.3 is 9.73 Å². The quantitative estimate of drug-likeness (QED) is 0.862. The van der Waals surface area contributed by atoms with E-state index in [0.29, 0.717) is 16.9 Å². The molecule has 1 heterocycles. The van der Waals surface area contributed by atoms with Crippen LogP contribution in [0.5, 0.6) is 0 Å². The summed E-state index contributed by atoms with van der Waals surface area (Å²) in [5.74, 6) is 0.463. The average molecular weight is 363 g/mol. The highest BCUT2D eigenvalue weighted by atomic mass is 79.9. The smallest absolute Gasteiger partial charge is 0.417 e. The van der Waals surface area contributed by atoms with E-state index in [1.54, 1.807) is 6.07 Å². The van der Waals surface area contributed by atoms with Gasteiger partial charge in [-0.2, -0.15) is 13.2 Å². The van der Waals surface area contributed by atoms with Crippen LogP contribution in [0.2, 0.25) is 0 Å². The molecule has 3 nitrogen and oxygen atoms in total. The molecule has 1 aromatic carbocycles. The van der Waals surface area contributed by atoms with E-state index in [4.69, 9.17) is 4.42 Å². The number of hydrogen-bond donors (Lipinski definition) is 1. The van der Waals surface area contributed by atoms with Gasteiger partial charge in [-0.25, -0.2) is 4.98 Å². The molecular formula is C14H14BrF3N2O. The minimum absolute atomic E-state index is 0.0194. The molecule has 1 aromatic heterocycles. The number of rotatable bonds is 4. The van der Waals surface area contributed by atoms with Crippen LogP contribution in [0.1, 0.15) is 25.3 Å². The Kier molecular flexibility index (Phi) is 4.73. The van der Waals surface area contributed by atoms with Crippen LogP contribution in [-0.4, -0.2) is 11.0 Å². The molecule has 0 saturated heterocycles. The van der Waals surface area contributed by atoms with Crippen LogP contribution >= 0.6 is 15.9 Å². The van der Waals surface area contributed by atoms with Gasteiger partial charge >= 0.3 is 6.18 Å². The zero-order chi connectivity index (χ0) is 15.6. The van der Waals surface area contributed by atoms with Gasteiger partial charge in [0.05, 0.1) is 18.3 Å². The van der Waals surface area contributed by atoms with Crippen LogP contribution in [0, 0.1) is 0 Å². The van der Waals surface area contributed by atoms with Gasteiger partial charge in [-0.05, 0) is 18.2 Å². The van der Waals surface area contributed by atoms with Gasteiger partial charge in [0.2, 0.25) is 5.89 Å². The number of nitrogens with one attached hydrogen (secondary N) is 1. The van der Waals surface area contributed by atoms with Gasteiger partial charge in [-0.15, -0.1) is 0 Å². The Hall–Kier alpha value is -1.34. The van der Waals surface area contributed by atoms with E-state index in [0.717, 1.165) is 6.07 Å². The molecule has 0 aliphatic rings. The standard InChI is InChI=1S/C14H14BrF3N2O/c1-8(2)19-7-13-20-6-12(21-13)10-4-3-9(15)5-11(10)14(16,17)18/h3-6,8,19H,7H2,1-2H3. The third-order valence-electron chi connectivity index (χ3n) is 2.77. The molecule has 7 heteroatoms. The first-order valence-corrected chi connectivity index (χ1v) is 7.12. The van der Waals surface area contributed by atoms with Crippen molar-refractivity contribution in [1.29, 1.82) is 0 Å². The first-order valence-electron chi connectivity index (χ1n) is 6.32. The molecule has 0 fully saturated rings. The van der Waals surface area contributed by atoms with Crippen molar-refractivity contribution >= 4 is 15.9 Å².